The Balaban J connectivity index is 2.67. The highest BCUT2D eigenvalue weighted by Crippen LogP contribution is 2.06. The van der Waals surface area contributed by atoms with E-state index in [1.807, 2.05) is 0 Å². The summed E-state index contributed by atoms with van der Waals surface area (Å²) in [4.78, 5) is 36.3. The van der Waals surface area contributed by atoms with E-state index < -0.39 is 31.1 Å². The largest absolute Gasteiger partial charge is 0.480 e. The van der Waals surface area contributed by atoms with Crippen molar-refractivity contribution in [3.63, 3.8) is 0 Å². The Bertz CT molecular complexity index is 337. The molecule has 8 nitrogen and oxygen atoms in total. The molecule has 8 heteroatoms. The van der Waals surface area contributed by atoms with Gasteiger partial charge in [-0.25, -0.2) is 0 Å². The summed E-state index contributed by atoms with van der Waals surface area (Å²) < 4.78 is 5.12. The number of ether oxygens (including phenoxy) is 1. The number of amides is 1. The third-order valence-corrected chi connectivity index (χ3v) is 2.90. The normalized spacial score (nSPS) is 17.3. The van der Waals surface area contributed by atoms with E-state index in [2.05, 4.69) is 0 Å². The lowest BCUT2D eigenvalue weighted by Crippen LogP contribution is -2.52. The fourth-order valence-electron chi connectivity index (χ4n) is 1.88. The molecule has 2 N–H and O–H groups in total. The zero-order valence-corrected chi connectivity index (χ0v) is 10.7. The van der Waals surface area contributed by atoms with E-state index in [1.54, 1.807) is 4.90 Å². The van der Waals surface area contributed by atoms with Gasteiger partial charge in [0, 0.05) is 13.1 Å². The van der Waals surface area contributed by atoms with Gasteiger partial charge in [-0.05, 0) is 6.92 Å². The van der Waals surface area contributed by atoms with Crippen LogP contribution >= 0.6 is 0 Å². The number of morpholine rings is 1. The van der Waals surface area contributed by atoms with Crippen molar-refractivity contribution in [1.82, 2.24) is 9.80 Å². The van der Waals surface area contributed by atoms with E-state index in [0.29, 0.717) is 26.3 Å². The molecule has 1 amide bonds. The molecule has 1 atom stereocenters. The molecule has 1 unspecified atom stereocenters. The molecule has 0 bridgehead atoms. The number of carbonyl (C=O) groups is 3. The van der Waals surface area contributed by atoms with Crippen LogP contribution in [0.2, 0.25) is 0 Å². The second kappa shape index (κ2) is 7.05. The number of carbonyl (C=O) groups excluding carboxylic acids is 1. The van der Waals surface area contributed by atoms with Gasteiger partial charge in [-0.1, -0.05) is 0 Å². The quantitative estimate of drug-likeness (QED) is 0.620. The summed E-state index contributed by atoms with van der Waals surface area (Å²) in [6.07, 6.45) is 0. The van der Waals surface area contributed by atoms with E-state index in [0.717, 1.165) is 4.90 Å². The number of carboxylic acids is 2. The molecular weight excluding hydrogens is 256 g/mol. The van der Waals surface area contributed by atoms with Gasteiger partial charge in [-0.3, -0.25) is 19.3 Å². The van der Waals surface area contributed by atoms with Crippen LogP contribution in [0.3, 0.4) is 0 Å². The van der Waals surface area contributed by atoms with Crippen LogP contribution in [0.25, 0.3) is 0 Å². The van der Waals surface area contributed by atoms with Crippen LogP contribution in [0.15, 0.2) is 0 Å². The van der Waals surface area contributed by atoms with E-state index >= 15 is 0 Å². The summed E-state index contributed by atoms with van der Waals surface area (Å²) in [5.41, 5.74) is 0. The van der Waals surface area contributed by atoms with Gasteiger partial charge >= 0.3 is 11.9 Å². The zero-order valence-electron chi connectivity index (χ0n) is 10.7. The molecule has 0 aromatic carbocycles. The van der Waals surface area contributed by atoms with Crippen LogP contribution < -0.4 is 0 Å². The third kappa shape index (κ3) is 4.84. The molecule has 108 valence electrons. The number of nitrogens with zero attached hydrogens (tertiary/aromatic N) is 2. The van der Waals surface area contributed by atoms with E-state index in [-0.39, 0.29) is 5.91 Å². The molecule has 1 aliphatic heterocycles. The Labute approximate surface area is 110 Å². The SMILES string of the molecule is CC(C(=O)N1CCOCC1)N(CC(=O)O)CC(=O)O. The molecular formula is C11H18N2O6. The summed E-state index contributed by atoms with van der Waals surface area (Å²) in [6, 6.07) is -0.787. The van der Waals surface area contributed by atoms with Crippen molar-refractivity contribution in [3.05, 3.63) is 0 Å². The van der Waals surface area contributed by atoms with Gasteiger partial charge in [0.05, 0.1) is 32.3 Å². The second-order valence-electron chi connectivity index (χ2n) is 4.31. The van der Waals surface area contributed by atoms with Crippen molar-refractivity contribution >= 4 is 17.8 Å². The summed E-state index contributed by atoms with van der Waals surface area (Å²) in [7, 11) is 0. The number of aliphatic carboxylic acids is 2. The third-order valence-electron chi connectivity index (χ3n) is 2.90. The first-order valence-electron chi connectivity index (χ1n) is 5.96. The monoisotopic (exact) mass is 274 g/mol. The predicted octanol–water partition coefficient (Wildman–Crippen LogP) is -1.30. The van der Waals surface area contributed by atoms with Crippen LogP contribution in [0.4, 0.5) is 0 Å². The van der Waals surface area contributed by atoms with E-state index in [9.17, 15) is 14.4 Å². The zero-order chi connectivity index (χ0) is 14.4. The first-order chi connectivity index (χ1) is 8.91. The van der Waals surface area contributed by atoms with Gasteiger partial charge < -0.3 is 19.8 Å². The molecule has 1 heterocycles. The standard InChI is InChI=1S/C11H18N2O6/c1-8(11(18)12-2-4-19-5-3-12)13(6-9(14)15)7-10(16)17/h8H,2-7H2,1H3,(H,14,15)(H,16,17). The summed E-state index contributed by atoms with van der Waals surface area (Å²) in [5.74, 6) is -2.60. The molecule has 1 aliphatic rings. The van der Waals surface area contributed by atoms with Gasteiger partial charge in [0.15, 0.2) is 0 Å². The molecule has 0 saturated carbocycles. The Kier molecular flexibility index (Phi) is 5.71. The highest BCUT2D eigenvalue weighted by atomic mass is 16.5. The molecule has 1 saturated heterocycles. The van der Waals surface area contributed by atoms with Gasteiger partial charge in [0.2, 0.25) is 5.91 Å². The molecule has 1 fully saturated rings. The first kappa shape index (κ1) is 15.4. The number of rotatable bonds is 6. The number of carboxylic acid groups (broad SMARTS) is 2. The lowest BCUT2D eigenvalue weighted by molar-refractivity contribution is -0.147. The minimum absolute atomic E-state index is 0.272. The molecule has 0 aliphatic carbocycles. The van der Waals surface area contributed by atoms with Crippen LogP contribution in [0, 0.1) is 0 Å². The number of hydrogen-bond donors (Lipinski definition) is 2. The maximum Gasteiger partial charge on any atom is 0.317 e. The predicted molar refractivity (Wildman–Crippen MR) is 63.7 cm³/mol. The van der Waals surface area contributed by atoms with Gasteiger partial charge in [-0.15, -0.1) is 0 Å². The average molecular weight is 274 g/mol. The van der Waals surface area contributed by atoms with Crippen molar-refractivity contribution < 1.29 is 29.3 Å². The minimum Gasteiger partial charge on any atom is -0.480 e. The van der Waals surface area contributed by atoms with Crippen LogP contribution in [-0.2, 0) is 19.1 Å². The summed E-state index contributed by atoms with van der Waals surface area (Å²) in [6.45, 7) is 2.32. The molecule has 0 aromatic rings. The molecule has 1 rings (SSSR count). The van der Waals surface area contributed by atoms with E-state index in [4.69, 9.17) is 14.9 Å². The first-order valence-corrected chi connectivity index (χ1v) is 5.96. The summed E-state index contributed by atoms with van der Waals surface area (Å²) >= 11 is 0. The van der Waals surface area contributed by atoms with Crippen molar-refractivity contribution in [2.24, 2.45) is 0 Å². The van der Waals surface area contributed by atoms with Crippen molar-refractivity contribution in [1.29, 1.82) is 0 Å². The molecule has 0 spiro atoms. The van der Waals surface area contributed by atoms with Gasteiger partial charge in [0.1, 0.15) is 0 Å². The fraction of sp³-hybridized carbons (Fsp3) is 0.727. The maximum atomic E-state index is 12.1. The molecule has 0 radical (unpaired) electrons. The van der Waals surface area contributed by atoms with Gasteiger partial charge in [0.25, 0.3) is 0 Å². The van der Waals surface area contributed by atoms with Crippen LogP contribution in [0.5, 0.6) is 0 Å². The molecule has 0 aromatic heterocycles. The minimum atomic E-state index is -1.16. The Morgan fingerprint density at radius 3 is 2.05 bits per heavy atom. The van der Waals surface area contributed by atoms with Crippen LogP contribution in [-0.4, -0.2) is 83.3 Å². The van der Waals surface area contributed by atoms with Crippen molar-refractivity contribution in [2.75, 3.05) is 39.4 Å². The number of hydrogen-bond acceptors (Lipinski definition) is 5. The van der Waals surface area contributed by atoms with Gasteiger partial charge in [-0.2, -0.15) is 0 Å². The Morgan fingerprint density at radius 2 is 1.63 bits per heavy atom. The smallest absolute Gasteiger partial charge is 0.317 e. The van der Waals surface area contributed by atoms with Crippen molar-refractivity contribution in [2.45, 2.75) is 13.0 Å². The highest BCUT2D eigenvalue weighted by Gasteiger charge is 2.29. The summed E-state index contributed by atoms with van der Waals surface area (Å²) in [5, 5.41) is 17.5. The Hall–Kier alpha value is -1.67. The molecule has 19 heavy (non-hydrogen) atoms. The fourth-order valence-corrected chi connectivity index (χ4v) is 1.88. The Morgan fingerprint density at radius 1 is 1.16 bits per heavy atom. The average Bonchev–Trinajstić information content (AvgIpc) is 2.36. The lowest BCUT2D eigenvalue weighted by atomic mass is 10.2. The van der Waals surface area contributed by atoms with Crippen molar-refractivity contribution in [3.8, 4) is 0 Å². The van der Waals surface area contributed by atoms with E-state index in [1.165, 1.54) is 6.92 Å². The second-order valence-corrected chi connectivity index (χ2v) is 4.31. The topological polar surface area (TPSA) is 107 Å². The lowest BCUT2D eigenvalue weighted by Gasteiger charge is -2.33. The highest BCUT2D eigenvalue weighted by molar-refractivity contribution is 5.83. The van der Waals surface area contributed by atoms with Crippen LogP contribution in [0.1, 0.15) is 6.92 Å². The maximum absolute atomic E-state index is 12.1.